The van der Waals surface area contributed by atoms with Gasteiger partial charge in [-0.3, -0.25) is 9.10 Å². The van der Waals surface area contributed by atoms with Gasteiger partial charge in [-0.2, -0.15) is 12.7 Å². The lowest BCUT2D eigenvalue weighted by Crippen LogP contribution is -2.37. The summed E-state index contributed by atoms with van der Waals surface area (Å²) in [5, 5.41) is 2.92. The molecule has 0 unspecified atom stereocenters. The molecule has 158 valence electrons. The summed E-state index contributed by atoms with van der Waals surface area (Å²) in [6, 6.07) is 11.6. The van der Waals surface area contributed by atoms with E-state index >= 15 is 0 Å². The topological polar surface area (TPSA) is 88.2 Å². The number of nitrogens with one attached hydrogen (secondary N) is 1. The Morgan fingerprint density at radius 2 is 1.55 bits per heavy atom. The number of methoxy groups -OCH3 is 2. The zero-order valence-electron chi connectivity index (χ0n) is 17.5. The molecule has 9 heteroatoms. The molecule has 0 saturated carbocycles. The quantitative estimate of drug-likeness (QED) is 0.707. The molecule has 0 aliphatic rings. The first-order valence-electron chi connectivity index (χ1n) is 8.91. The summed E-state index contributed by atoms with van der Waals surface area (Å²) < 4.78 is 37.2. The largest absolute Gasteiger partial charge is 0.493 e. The van der Waals surface area contributed by atoms with Crippen LogP contribution in [0.25, 0.3) is 0 Å². The Labute approximate surface area is 172 Å². The fraction of sp³-hybridized carbons (Fsp3) is 0.350. The zero-order valence-corrected chi connectivity index (χ0v) is 18.3. The molecule has 0 radical (unpaired) electrons. The maximum absolute atomic E-state index is 12.6. The Kier molecular flexibility index (Phi) is 7.10. The van der Waals surface area contributed by atoms with Crippen molar-refractivity contribution in [3.63, 3.8) is 0 Å². The number of rotatable bonds is 8. The molecule has 0 saturated heterocycles. The van der Waals surface area contributed by atoms with Gasteiger partial charge in [0.1, 0.15) is 0 Å². The van der Waals surface area contributed by atoms with Crippen LogP contribution in [0.4, 0.5) is 5.69 Å². The minimum absolute atomic E-state index is 0.265. The first-order valence-corrected chi connectivity index (χ1v) is 10.3. The van der Waals surface area contributed by atoms with Gasteiger partial charge in [0, 0.05) is 26.7 Å². The predicted molar refractivity (Wildman–Crippen MR) is 113 cm³/mol. The summed E-state index contributed by atoms with van der Waals surface area (Å²) in [6.45, 7) is 1.87. The molecule has 1 N–H and O–H groups in total. The average Bonchev–Trinajstić information content (AvgIpc) is 2.72. The van der Waals surface area contributed by atoms with Gasteiger partial charge < -0.3 is 14.8 Å². The van der Waals surface area contributed by atoms with Crippen LogP contribution in [0.3, 0.4) is 0 Å². The smallest absolute Gasteiger partial charge is 0.303 e. The third kappa shape index (κ3) is 4.99. The maximum Gasteiger partial charge on any atom is 0.303 e. The summed E-state index contributed by atoms with van der Waals surface area (Å²) >= 11 is 0. The lowest BCUT2D eigenvalue weighted by atomic mass is 10.1. The van der Waals surface area contributed by atoms with Crippen molar-refractivity contribution in [1.29, 1.82) is 0 Å². The van der Waals surface area contributed by atoms with Gasteiger partial charge in [0.25, 0.3) is 5.91 Å². The number of carbonyl (C=O) groups is 1. The molecule has 0 aliphatic carbocycles. The van der Waals surface area contributed by atoms with Crippen molar-refractivity contribution in [3.8, 4) is 11.5 Å². The van der Waals surface area contributed by atoms with Crippen LogP contribution in [-0.2, 0) is 10.2 Å². The third-order valence-corrected chi connectivity index (χ3v) is 6.38. The number of carbonyl (C=O) groups excluding carboxylic acids is 1. The van der Waals surface area contributed by atoms with Crippen LogP contribution in [0.2, 0.25) is 0 Å². The van der Waals surface area contributed by atoms with Crippen LogP contribution in [0, 0.1) is 0 Å². The highest BCUT2D eigenvalue weighted by Gasteiger charge is 2.21. The summed E-state index contributed by atoms with van der Waals surface area (Å²) in [6.07, 6.45) is 0. The SMILES string of the molecule is COc1ccc([C@H](C)NC(=O)c2ccc(N(C)S(=O)(=O)N(C)C)cc2)cc1OC. The van der Waals surface area contributed by atoms with Gasteiger partial charge in [-0.15, -0.1) is 0 Å². The second-order valence-corrected chi connectivity index (χ2v) is 8.79. The summed E-state index contributed by atoms with van der Waals surface area (Å²) in [5.74, 6) is 0.930. The third-order valence-electron chi connectivity index (χ3n) is 4.56. The van der Waals surface area contributed by atoms with Gasteiger partial charge in [0.15, 0.2) is 11.5 Å². The van der Waals surface area contributed by atoms with E-state index in [4.69, 9.17) is 9.47 Å². The molecule has 2 rings (SSSR count). The van der Waals surface area contributed by atoms with Crippen molar-refractivity contribution in [1.82, 2.24) is 9.62 Å². The zero-order chi connectivity index (χ0) is 21.8. The van der Waals surface area contributed by atoms with Gasteiger partial charge in [-0.25, -0.2) is 0 Å². The van der Waals surface area contributed by atoms with E-state index in [1.807, 2.05) is 19.1 Å². The van der Waals surface area contributed by atoms with Crippen molar-refractivity contribution >= 4 is 21.8 Å². The molecule has 0 heterocycles. The Hall–Kier alpha value is -2.78. The number of hydrogen-bond acceptors (Lipinski definition) is 5. The van der Waals surface area contributed by atoms with E-state index in [-0.39, 0.29) is 11.9 Å². The Bertz CT molecular complexity index is 959. The molecular formula is C20H27N3O5S. The molecule has 0 spiro atoms. The molecule has 29 heavy (non-hydrogen) atoms. The second-order valence-electron chi connectivity index (χ2n) is 6.61. The Balaban J connectivity index is 2.13. The molecular weight excluding hydrogens is 394 g/mol. The second kappa shape index (κ2) is 9.15. The first kappa shape index (κ1) is 22.5. The lowest BCUT2D eigenvalue weighted by molar-refractivity contribution is 0.0940. The molecule has 0 bridgehead atoms. The average molecular weight is 422 g/mol. The molecule has 1 amide bonds. The highest BCUT2D eigenvalue weighted by Crippen LogP contribution is 2.30. The van der Waals surface area contributed by atoms with E-state index in [0.29, 0.717) is 22.7 Å². The van der Waals surface area contributed by atoms with Crippen LogP contribution in [-0.4, -0.2) is 54.0 Å². The highest BCUT2D eigenvalue weighted by atomic mass is 32.2. The molecule has 8 nitrogen and oxygen atoms in total. The summed E-state index contributed by atoms with van der Waals surface area (Å²) in [5.41, 5.74) is 1.75. The van der Waals surface area contributed by atoms with E-state index in [2.05, 4.69) is 5.32 Å². The monoisotopic (exact) mass is 421 g/mol. The minimum Gasteiger partial charge on any atom is -0.493 e. The van der Waals surface area contributed by atoms with E-state index < -0.39 is 10.2 Å². The van der Waals surface area contributed by atoms with Crippen LogP contribution in [0.5, 0.6) is 11.5 Å². The number of nitrogens with zero attached hydrogens (tertiary/aromatic N) is 2. The standard InChI is InChI=1S/C20H27N3O5S/c1-14(16-9-12-18(27-5)19(13-16)28-6)21-20(24)15-7-10-17(11-8-15)23(4)29(25,26)22(2)3/h7-14H,1-6H3,(H,21,24)/t14-/m0/s1. The molecule has 0 aliphatic heterocycles. The lowest BCUT2D eigenvalue weighted by Gasteiger charge is -2.23. The molecule has 1 atom stereocenters. The number of amides is 1. The number of hydrogen-bond donors (Lipinski definition) is 1. The van der Waals surface area contributed by atoms with Crippen LogP contribution in [0.15, 0.2) is 42.5 Å². The van der Waals surface area contributed by atoms with Gasteiger partial charge in [-0.05, 0) is 48.9 Å². The van der Waals surface area contributed by atoms with E-state index in [9.17, 15) is 13.2 Å². The molecule has 2 aromatic carbocycles. The van der Waals surface area contributed by atoms with Crippen molar-refractivity contribution in [2.24, 2.45) is 0 Å². The molecule has 0 aromatic heterocycles. The predicted octanol–water partition coefficient (Wildman–Crippen LogP) is 2.44. The van der Waals surface area contributed by atoms with Gasteiger partial charge >= 0.3 is 10.2 Å². The van der Waals surface area contributed by atoms with Crippen LogP contribution < -0.4 is 19.1 Å². The number of benzene rings is 2. The fourth-order valence-corrected chi connectivity index (χ4v) is 3.56. The minimum atomic E-state index is -3.59. The van der Waals surface area contributed by atoms with Crippen molar-refractivity contribution in [2.75, 3.05) is 39.7 Å². The van der Waals surface area contributed by atoms with E-state index in [1.54, 1.807) is 44.6 Å². The highest BCUT2D eigenvalue weighted by molar-refractivity contribution is 7.90. The number of ether oxygens (including phenoxy) is 2. The Morgan fingerprint density at radius 3 is 2.07 bits per heavy atom. The fourth-order valence-electron chi connectivity index (χ4n) is 2.69. The normalized spacial score (nSPS) is 12.4. The Morgan fingerprint density at radius 1 is 0.966 bits per heavy atom. The maximum atomic E-state index is 12.6. The van der Waals surface area contributed by atoms with E-state index in [1.165, 1.54) is 21.1 Å². The molecule has 0 fully saturated rings. The summed E-state index contributed by atoms with van der Waals surface area (Å²) in [4.78, 5) is 12.6. The van der Waals surface area contributed by atoms with E-state index in [0.717, 1.165) is 14.2 Å². The number of anilines is 1. The van der Waals surface area contributed by atoms with Crippen LogP contribution >= 0.6 is 0 Å². The van der Waals surface area contributed by atoms with Gasteiger partial charge in [0.2, 0.25) is 0 Å². The van der Waals surface area contributed by atoms with Gasteiger partial charge in [-0.1, -0.05) is 6.07 Å². The molecule has 2 aromatic rings. The van der Waals surface area contributed by atoms with Crippen molar-refractivity contribution in [2.45, 2.75) is 13.0 Å². The van der Waals surface area contributed by atoms with Gasteiger partial charge in [0.05, 0.1) is 25.9 Å². The summed E-state index contributed by atoms with van der Waals surface area (Å²) in [7, 11) is 3.92. The first-order chi connectivity index (χ1) is 13.6. The van der Waals surface area contributed by atoms with Crippen molar-refractivity contribution < 1.29 is 22.7 Å². The van der Waals surface area contributed by atoms with Crippen molar-refractivity contribution in [3.05, 3.63) is 53.6 Å². The van der Waals surface area contributed by atoms with Crippen LogP contribution in [0.1, 0.15) is 28.9 Å².